The first kappa shape index (κ1) is 15.7. The highest BCUT2D eigenvalue weighted by Crippen LogP contribution is 2.20. The van der Waals surface area contributed by atoms with Crippen molar-refractivity contribution in [3.8, 4) is 5.69 Å². The number of rotatable bonds is 2. The highest BCUT2D eigenvalue weighted by atomic mass is 19.1. The molecule has 0 spiro atoms. The largest absolute Gasteiger partial charge is 0.333 e. The molecule has 1 amide bonds. The van der Waals surface area contributed by atoms with Crippen molar-refractivity contribution >= 4 is 5.91 Å². The van der Waals surface area contributed by atoms with Gasteiger partial charge in [-0.3, -0.25) is 4.79 Å². The highest BCUT2D eigenvalue weighted by Gasteiger charge is 2.30. The molecule has 1 aromatic carbocycles. The van der Waals surface area contributed by atoms with Crippen LogP contribution >= 0.6 is 0 Å². The molecule has 0 bridgehead atoms. The first-order valence-corrected chi connectivity index (χ1v) is 7.84. The summed E-state index contributed by atoms with van der Waals surface area (Å²) in [6, 6.07) is 6.77. The van der Waals surface area contributed by atoms with Crippen LogP contribution < -0.4 is 5.32 Å². The molecule has 0 aliphatic carbocycles. The minimum Gasteiger partial charge on any atom is -0.333 e. The fraction of sp³-hybridized carbons (Fsp3) is 0.412. The van der Waals surface area contributed by atoms with Crippen LogP contribution in [0.1, 0.15) is 29.9 Å². The summed E-state index contributed by atoms with van der Waals surface area (Å²) in [5, 5.41) is 7.58. The van der Waals surface area contributed by atoms with Crippen LogP contribution in [0, 0.1) is 12.7 Å². The Morgan fingerprint density at radius 2 is 2.09 bits per heavy atom. The zero-order chi connectivity index (χ0) is 16.6. The van der Waals surface area contributed by atoms with E-state index >= 15 is 0 Å². The zero-order valence-corrected chi connectivity index (χ0v) is 13.6. The molecule has 2 atom stereocenters. The molecule has 1 saturated heterocycles. The Hall–Kier alpha value is -2.21. The van der Waals surface area contributed by atoms with Crippen LogP contribution in [-0.4, -0.2) is 45.8 Å². The van der Waals surface area contributed by atoms with Crippen molar-refractivity contribution < 1.29 is 9.18 Å². The maximum atomic E-state index is 14.0. The van der Waals surface area contributed by atoms with Crippen molar-refractivity contribution in [3.63, 3.8) is 0 Å². The monoisotopic (exact) mass is 316 g/mol. The van der Waals surface area contributed by atoms with Gasteiger partial charge < -0.3 is 10.2 Å². The lowest BCUT2D eigenvalue weighted by Gasteiger charge is -2.38. The molecule has 23 heavy (non-hydrogen) atoms. The fourth-order valence-electron chi connectivity index (χ4n) is 2.98. The van der Waals surface area contributed by atoms with Gasteiger partial charge in [0.1, 0.15) is 11.5 Å². The van der Waals surface area contributed by atoms with Crippen LogP contribution in [-0.2, 0) is 0 Å². The average molecular weight is 316 g/mol. The van der Waals surface area contributed by atoms with E-state index in [4.69, 9.17) is 0 Å². The first-order valence-electron chi connectivity index (χ1n) is 7.84. The molecule has 5 nitrogen and oxygen atoms in total. The summed E-state index contributed by atoms with van der Waals surface area (Å²) in [5.41, 5.74) is 1.53. The van der Waals surface area contributed by atoms with E-state index in [9.17, 15) is 9.18 Å². The molecule has 3 rings (SSSR count). The number of halogens is 1. The van der Waals surface area contributed by atoms with Crippen molar-refractivity contribution in [2.75, 3.05) is 13.1 Å². The molecule has 122 valence electrons. The Morgan fingerprint density at radius 1 is 1.35 bits per heavy atom. The molecule has 1 aliphatic heterocycles. The summed E-state index contributed by atoms with van der Waals surface area (Å²) in [5.74, 6) is -0.409. The van der Waals surface area contributed by atoms with Gasteiger partial charge in [-0.25, -0.2) is 9.07 Å². The third kappa shape index (κ3) is 2.74. The predicted octanol–water partition coefficient (Wildman–Crippen LogP) is 2.14. The maximum absolute atomic E-state index is 14.0. The van der Waals surface area contributed by atoms with Crippen molar-refractivity contribution in [1.29, 1.82) is 0 Å². The van der Waals surface area contributed by atoms with Crippen LogP contribution in [0.15, 0.2) is 30.5 Å². The molecule has 0 radical (unpaired) electrons. The molecule has 1 aromatic heterocycles. The summed E-state index contributed by atoms with van der Waals surface area (Å²) >= 11 is 0. The standard InChI is InChI=1S/C17H21FN4O/c1-11-12(2)21(9-8-19-11)17(23)14-10-20-22(13(14)3)16-7-5-4-6-15(16)18/h4-7,10-12,19H,8-9H2,1-3H3. The summed E-state index contributed by atoms with van der Waals surface area (Å²) in [6.07, 6.45) is 1.53. The predicted molar refractivity (Wildman–Crippen MR) is 86.2 cm³/mol. The Kier molecular flexibility index (Phi) is 4.17. The third-order valence-electron chi connectivity index (χ3n) is 4.62. The summed E-state index contributed by atoms with van der Waals surface area (Å²) in [6.45, 7) is 7.33. The minimum absolute atomic E-state index is 0.0501. The summed E-state index contributed by atoms with van der Waals surface area (Å²) in [4.78, 5) is 14.7. The van der Waals surface area contributed by atoms with Gasteiger partial charge in [-0.05, 0) is 32.9 Å². The number of aromatic nitrogens is 2. The van der Waals surface area contributed by atoms with E-state index in [-0.39, 0.29) is 23.8 Å². The van der Waals surface area contributed by atoms with Gasteiger partial charge in [0.15, 0.2) is 0 Å². The topological polar surface area (TPSA) is 50.2 Å². The summed E-state index contributed by atoms with van der Waals surface area (Å²) < 4.78 is 15.5. The second-order valence-corrected chi connectivity index (χ2v) is 5.99. The highest BCUT2D eigenvalue weighted by molar-refractivity contribution is 5.95. The number of para-hydroxylation sites is 1. The second kappa shape index (κ2) is 6.12. The molecule has 2 heterocycles. The van der Waals surface area contributed by atoms with Crippen molar-refractivity contribution in [3.05, 3.63) is 47.5 Å². The van der Waals surface area contributed by atoms with Gasteiger partial charge in [-0.2, -0.15) is 5.10 Å². The van der Waals surface area contributed by atoms with E-state index in [1.54, 1.807) is 25.1 Å². The zero-order valence-electron chi connectivity index (χ0n) is 13.6. The van der Waals surface area contributed by atoms with Gasteiger partial charge in [0.25, 0.3) is 5.91 Å². The number of hydrogen-bond acceptors (Lipinski definition) is 3. The number of nitrogens with zero attached hydrogens (tertiary/aromatic N) is 3. The molecule has 2 unspecified atom stereocenters. The average Bonchev–Trinajstić information content (AvgIpc) is 2.91. The van der Waals surface area contributed by atoms with Gasteiger partial charge in [-0.1, -0.05) is 12.1 Å². The molecule has 2 aromatic rings. The Morgan fingerprint density at radius 3 is 2.83 bits per heavy atom. The normalized spacial score (nSPS) is 21.5. The maximum Gasteiger partial charge on any atom is 0.257 e. The van der Waals surface area contributed by atoms with Crippen LogP contribution in [0.3, 0.4) is 0 Å². The van der Waals surface area contributed by atoms with E-state index in [1.165, 1.54) is 16.9 Å². The number of hydrogen-bond donors (Lipinski definition) is 1. The van der Waals surface area contributed by atoms with Gasteiger partial charge in [0.05, 0.1) is 17.5 Å². The van der Waals surface area contributed by atoms with Crippen LogP contribution in [0.5, 0.6) is 0 Å². The fourth-order valence-corrected chi connectivity index (χ4v) is 2.98. The van der Waals surface area contributed by atoms with Crippen LogP contribution in [0.2, 0.25) is 0 Å². The van der Waals surface area contributed by atoms with Crippen LogP contribution in [0.25, 0.3) is 5.69 Å². The molecular formula is C17H21FN4O. The van der Waals surface area contributed by atoms with E-state index in [0.29, 0.717) is 23.5 Å². The van der Waals surface area contributed by atoms with Crippen molar-refractivity contribution in [1.82, 2.24) is 20.0 Å². The molecule has 1 N–H and O–H groups in total. The number of carbonyl (C=O) groups is 1. The lowest BCUT2D eigenvalue weighted by molar-refractivity contribution is 0.0602. The quantitative estimate of drug-likeness (QED) is 0.923. The van der Waals surface area contributed by atoms with E-state index in [0.717, 1.165) is 6.54 Å². The minimum atomic E-state index is -0.359. The van der Waals surface area contributed by atoms with Gasteiger partial charge >= 0.3 is 0 Å². The van der Waals surface area contributed by atoms with Gasteiger partial charge in [0, 0.05) is 25.2 Å². The molecule has 6 heteroatoms. The van der Waals surface area contributed by atoms with Crippen molar-refractivity contribution in [2.24, 2.45) is 0 Å². The van der Waals surface area contributed by atoms with Crippen molar-refractivity contribution in [2.45, 2.75) is 32.9 Å². The molecular weight excluding hydrogens is 295 g/mol. The Bertz CT molecular complexity index is 727. The molecule has 1 fully saturated rings. The number of benzene rings is 1. The van der Waals surface area contributed by atoms with E-state index < -0.39 is 0 Å². The third-order valence-corrected chi connectivity index (χ3v) is 4.62. The smallest absolute Gasteiger partial charge is 0.257 e. The Labute approximate surface area is 135 Å². The van der Waals surface area contributed by atoms with E-state index in [2.05, 4.69) is 17.3 Å². The number of piperazine rings is 1. The van der Waals surface area contributed by atoms with Gasteiger partial charge in [0.2, 0.25) is 0 Å². The molecule has 1 aliphatic rings. The number of amides is 1. The number of nitrogens with one attached hydrogen (secondary N) is 1. The second-order valence-electron chi connectivity index (χ2n) is 5.99. The van der Waals surface area contributed by atoms with Gasteiger partial charge in [-0.15, -0.1) is 0 Å². The number of carbonyl (C=O) groups excluding carboxylic acids is 1. The lowest BCUT2D eigenvalue weighted by atomic mass is 10.1. The SMILES string of the molecule is Cc1c(C(=O)N2CCNC(C)C2C)cnn1-c1ccccc1F. The van der Waals surface area contributed by atoms with Crippen LogP contribution in [0.4, 0.5) is 4.39 Å². The first-order chi connectivity index (χ1) is 11.0. The Balaban J connectivity index is 1.93. The van der Waals surface area contributed by atoms with E-state index in [1.807, 2.05) is 11.8 Å². The summed E-state index contributed by atoms with van der Waals surface area (Å²) in [7, 11) is 0. The lowest BCUT2D eigenvalue weighted by Crippen LogP contribution is -2.57. The molecule has 0 saturated carbocycles.